The highest BCUT2D eigenvalue weighted by molar-refractivity contribution is 6.30. The molecule has 6 rings (SSSR count). The molecular formula is C33H29ClN2O. The zero-order valence-electron chi connectivity index (χ0n) is 20.8. The minimum atomic E-state index is 0.299. The minimum Gasteiger partial charge on any atom is -0.489 e. The van der Waals surface area contributed by atoms with E-state index in [9.17, 15) is 0 Å². The van der Waals surface area contributed by atoms with Crippen molar-refractivity contribution in [1.82, 2.24) is 0 Å². The number of benzene rings is 4. The van der Waals surface area contributed by atoms with Crippen molar-refractivity contribution < 1.29 is 4.74 Å². The van der Waals surface area contributed by atoms with Crippen LogP contribution >= 0.6 is 11.6 Å². The molecule has 1 N–H and O–H groups in total. The zero-order chi connectivity index (χ0) is 25.2. The Morgan fingerprint density at radius 1 is 0.973 bits per heavy atom. The highest BCUT2D eigenvalue weighted by Gasteiger charge is 2.37. The van der Waals surface area contributed by atoms with Crippen LogP contribution in [0.2, 0.25) is 5.02 Å². The van der Waals surface area contributed by atoms with Crippen LogP contribution in [0.5, 0.6) is 5.75 Å². The van der Waals surface area contributed by atoms with Gasteiger partial charge in [-0.3, -0.25) is 4.99 Å². The summed E-state index contributed by atoms with van der Waals surface area (Å²) < 4.78 is 5.88. The number of nitrogens with one attached hydrogen (secondary N) is 1. The summed E-state index contributed by atoms with van der Waals surface area (Å²) in [6.45, 7) is 2.66. The molecule has 184 valence electrons. The number of aliphatic imine (C=N–C) groups is 1. The van der Waals surface area contributed by atoms with E-state index in [0.29, 0.717) is 24.5 Å². The van der Waals surface area contributed by atoms with Gasteiger partial charge in [-0.1, -0.05) is 65.7 Å². The number of fused-ring (bicyclic) bond motifs is 3. The largest absolute Gasteiger partial charge is 0.489 e. The van der Waals surface area contributed by atoms with Gasteiger partial charge in [-0.2, -0.15) is 0 Å². The number of allylic oxidation sites excluding steroid dienone is 2. The van der Waals surface area contributed by atoms with E-state index in [-0.39, 0.29) is 0 Å². The molecule has 37 heavy (non-hydrogen) atoms. The number of anilines is 1. The topological polar surface area (TPSA) is 33.6 Å². The second-order valence-electron chi connectivity index (χ2n) is 9.90. The molecular weight excluding hydrogens is 476 g/mol. The van der Waals surface area contributed by atoms with Gasteiger partial charge < -0.3 is 10.1 Å². The van der Waals surface area contributed by atoms with Gasteiger partial charge in [-0.25, -0.2) is 0 Å². The van der Waals surface area contributed by atoms with Crippen LogP contribution in [0.3, 0.4) is 0 Å². The van der Waals surface area contributed by atoms with Crippen LogP contribution in [0.25, 0.3) is 0 Å². The molecule has 2 aliphatic rings. The van der Waals surface area contributed by atoms with Crippen molar-refractivity contribution in [2.45, 2.75) is 31.9 Å². The number of hydrogen-bond acceptors (Lipinski definition) is 3. The fourth-order valence-corrected chi connectivity index (χ4v) is 5.62. The lowest BCUT2D eigenvalue weighted by atomic mass is 9.76. The Kier molecular flexibility index (Phi) is 6.55. The summed E-state index contributed by atoms with van der Waals surface area (Å²) >= 11 is 6.05. The minimum absolute atomic E-state index is 0.299. The van der Waals surface area contributed by atoms with Crippen LogP contribution in [-0.4, -0.2) is 6.21 Å². The highest BCUT2D eigenvalue weighted by atomic mass is 35.5. The van der Waals surface area contributed by atoms with E-state index in [2.05, 4.69) is 66.9 Å². The van der Waals surface area contributed by atoms with E-state index in [0.717, 1.165) is 34.0 Å². The lowest BCUT2D eigenvalue weighted by molar-refractivity contribution is 0.306. The maximum atomic E-state index is 6.05. The molecule has 3 nitrogen and oxygen atoms in total. The number of nitrogens with zero attached hydrogens (tertiary/aromatic N) is 1. The summed E-state index contributed by atoms with van der Waals surface area (Å²) in [6.07, 6.45) is 7.73. The van der Waals surface area contributed by atoms with Crippen LogP contribution in [0.1, 0.15) is 46.2 Å². The highest BCUT2D eigenvalue weighted by Crippen LogP contribution is 2.50. The van der Waals surface area contributed by atoms with Gasteiger partial charge in [0.2, 0.25) is 0 Å². The Morgan fingerprint density at radius 2 is 1.81 bits per heavy atom. The fraction of sp³-hybridized carbons (Fsp3) is 0.182. The zero-order valence-corrected chi connectivity index (χ0v) is 21.5. The molecule has 0 radical (unpaired) electrons. The van der Waals surface area contributed by atoms with Gasteiger partial charge in [0.05, 0.1) is 11.7 Å². The third-order valence-corrected chi connectivity index (χ3v) is 7.54. The molecule has 0 fully saturated rings. The summed E-state index contributed by atoms with van der Waals surface area (Å²) in [6, 6.07) is 31.4. The first kappa shape index (κ1) is 23.6. The van der Waals surface area contributed by atoms with Gasteiger partial charge in [0, 0.05) is 22.8 Å². The number of halogens is 1. The number of aryl methyl sites for hydroxylation is 1. The van der Waals surface area contributed by atoms with Crippen molar-refractivity contribution in [1.29, 1.82) is 0 Å². The van der Waals surface area contributed by atoms with E-state index in [1.165, 1.54) is 22.4 Å². The molecule has 0 saturated heterocycles. The summed E-state index contributed by atoms with van der Waals surface area (Å²) in [4.78, 5) is 4.69. The molecule has 1 aliphatic heterocycles. The van der Waals surface area contributed by atoms with Gasteiger partial charge in [-0.05, 0) is 96.1 Å². The van der Waals surface area contributed by atoms with Gasteiger partial charge in [0.15, 0.2) is 0 Å². The second kappa shape index (κ2) is 10.3. The first-order valence-electron chi connectivity index (χ1n) is 12.8. The molecule has 1 heterocycles. The summed E-state index contributed by atoms with van der Waals surface area (Å²) in [5, 5.41) is 4.54. The fourth-order valence-electron chi connectivity index (χ4n) is 5.40. The standard InChI is InChI=1S/C33H29ClN2O/c1-22-8-17-32-31(18-22)29-6-3-7-30(29)33(36-32)25-11-13-27(14-12-25)35-20-23-9-15-28(16-10-23)37-21-24-4-2-5-26(34)19-24/h2-6,8-20,29-30,33,36H,7,21H2,1H3/t29-,30-,33-/m1/s1. The average Bonchev–Trinajstić information content (AvgIpc) is 3.42. The molecule has 4 aromatic carbocycles. The summed E-state index contributed by atoms with van der Waals surface area (Å²) in [5.74, 6) is 1.84. The third-order valence-electron chi connectivity index (χ3n) is 7.31. The molecule has 0 bridgehead atoms. The Labute approximate surface area is 223 Å². The Bertz CT molecular complexity index is 1460. The normalized spacial score (nSPS) is 19.9. The molecule has 4 heteroatoms. The lowest BCUT2D eigenvalue weighted by Gasteiger charge is -2.37. The first-order valence-corrected chi connectivity index (χ1v) is 13.2. The Hall–Kier alpha value is -3.82. The van der Waals surface area contributed by atoms with E-state index in [1.807, 2.05) is 54.7 Å². The lowest BCUT2D eigenvalue weighted by Crippen LogP contribution is -2.29. The van der Waals surface area contributed by atoms with Gasteiger partial charge in [0.1, 0.15) is 12.4 Å². The third kappa shape index (κ3) is 5.19. The molecule has 0 spiro atoms. The van der Waals surface area contributed by atoms with Crippen LogP contribution in [0.15, 0.2) is 108 Å². The van der Waals surface area contributed by atoms with Gasteiger partial charge in [0.25, 0.3) is 0 Å². The predicted molar refractivity (Wildman–Crippen MR) is 153 cm³/mol. The molecule has 4 aromatic rings. The number of ether oxygens (including phenoxy) is 1. The summed E-state index contributed by atoms with van der Waals surface area (Å²) in [7, 11) is 0. The monoisotopic (exact) mass is 504 g/mol. The predicted octanol–water partition coefficient (Wildman–Crippen LogP) is 8.80. The molecule has 0 aromatic heterocycles. The van der Waals surface area contributed by atoms with E-state index in [4.69, 9.17) is 21.3 Å². The van der Waals surface area contributed by atoms with Crippen molar-refractivity contribution in [3.05, 3.63) is 136 Å². The summed E-state index contributed by atoms with van der Waals surface area (Å²) in [5.41, 5.74) is 8.33. The van der Waals surface area contributed by atoms with Crippen LogP contribution in [0.4, 0.5) is 11.4 Å². The molecule has 1 aliphatic carbocycles. The van der Waals surface area contributed by atoms with Crippen LogP contribution in [-0.2, 0) is 6.61 Å². The Balaban J connectivity index is 1.11. The first-order chi connectivity index (χ1) is 18.1. The quantitative estimate of drug-likeness (QED) is 0.210. The van der Waals surface area contributed by atoms with E-state index >= 15 is 0 Å². The van der Waals surface area contributed by atoms with Crippen molar-refractivity contribution in [2.24, 2.45) is 10.9 Å². The van der Waals surface area contributed by atoms with Crippen molar-refractivity contribution >= 4 is 29.2 Å². The van der Waals surface area contributed by atoms with E-state index < -0.39 is 0 Å². The number of rotatable bonds is 6. The molecule has 0 amide bonds. The van der Waals surface area contributed by atoms with Crippen molar-refractivity contribution in [2.75, 3.05) is 5.32 Å². The smallest absolute Gasteiger partial charge is 0.119 e. The molecule has 0 unspecified atom stereocenters. The van der Waals surface area contributed by atoms with Gasteiger partial charge >= 0.3 is 0 Å². The van der Waals surface area contributed by atoms with Gasteiger partial charge in [-0.15, -0.1) is 0 Å². The number of hydrogen-bond donors (Lipinski definition) is 1. The Morgan fingerprint density at radius 3 is 2.62 bits per heavy atom. The average molecular weight is 505 g/mol. The SMILES string of the molecule is Cc1ccc2c(c1)[C@@H]1C=CC[C@H]1[C@@H](c1ccc(N=Cc3ccc(OCc4cccc(Cl)c4)cc3)cc1)N2. The van der Waals surface area contributed by atoms with Crippen molar-refractivity contribution in [3.63, 3.8) is 0 Å². The van der Waals surface area contributed by atoms with Crippen LogP contribution < -0.4 is 10.1 Å². The second-order valence-corrected chi connectivity index (χ2v) is 10.3. The molecule has 0 saturated carbocycles. The van der Waals surface area contributed by atoms with Crippen molar-refractivity contribution in [3.8, 4) is 5.75 Å². The van der Waals surface area contributed by atoms with E-state index in [1.54, 1.807) is 0 Å². The maximum Gasteiger partial charge on any atom is 0.119 e. The van der Waals surface area contributed by atoms with Crippen LogP contribution in [0, 0.1) is 12.8 Å². The molecule has 3 atom stereocenters. The maximum absolute atomic E-state index is 6.05.